The Kier molecular flexibility index (Phi) is 11.2. The molecular weight excluding hydrogens is 502 g/mol. The summed E-state index contributed by atoms with van der Waals surface area (Å²) in [6.07, 6.45) is -3.08. The van der Waals surface area contributed by atoms with Crippen molar-refractivity contribution in [1.82, 2.24) is 16.0 Å². The number of ether oxygens (including phenoxy) is 1. The van der Waals surface area contributed by atoms with E-state index in [1.54, 1.807) is 60.7 Å². The molecule has 0 bridgehead atoms. The van der Waals surface area contributed by atoms with Gasteiger partial charge in [0.1, 0.15) is 24.7 Å². The van der Waals surface area contributed by atoms with Crippen molar-refractivity contribution in [2.45, 2.75) is 44.0 Å². The minimum absolute atomic E-state index is 0.119. The summed E-state index contributed by atoms with van der Waals surface area (Å²) in [5, 5.41) is 34.2. The molecule has 0 saturated heterocycles. The minimum atomic E-state index is -1.77. The maximum absolute atomic E-state index is 12.8. The standard InChI is InChI=1S/C25H27N3O10/c29-20(30)12-17(22(33)27-19(24(35)36)11-15-7-3-1-4-8-15)26-23(34)18(13-21(31)32)28-25(37)38-14-16-9-5-2-6-10-16/h1-10,17-19H,11-14H2,(H,26,34)(H,27,33)(H,28,37)(H,29,30)(H,31,32)(H,35,36)/t17-,18-,19-/m0/s1. The highest BCUT2D eigenvalue weighted by atomic mass is 16.5. The Labute approximate surface area is 216 Å². The summed E-state index contributed by atoms with van der Waals surface area (Å²) in [4.78, 5) is 71.9. The lowest BCUT2D eigenvalue weighted by Crippen LogP contribution is -2.56. The molecule has 0 heterocycles. The minimum Gasteiger partial charge on any atom is -0.481 e. The molecule has 0 aliphatic rings. The molecule has 0 aliphatic carbocycles. The van der Waals surface area contributed by atoms with Gasteiger partial charge >= 0.3 is 24.0 Å². The SMILES string of the molecule is O=C(O)C[C@H](NC(=O)OCc1ccccc1)C(=O)N[C@@H](CC(=O)O)C(=O)N[C@@H](Cc1ccccc1)C(=O)O. The lowest BCUT2D eigenvalue weighted by molar-refractivity contribution is -0.144. The number of aliphatic carboxylic acids is 3. The van der Waals surface area contributed by atoms with Crippen LogP contribution in [-0.2, 0) is 41.7 Å². The molecule has 2 rings (SSSR count). The zero-order chi connectivity index (χ0) is 28.1. The van der Waals surface area contributed by atoms with Crippen LogP contribution in [0.2, 0.25) is 0 Å². The molecule has 2 aromatic carbocycles. The summed E-state index contributed by atoms with van der Waals surface area (Å²) in [6.45, 7) is -0.171. The Balaban J connectivity index is 2.09. The van der Waals surface area contributed by atoms with Gasteiger partial charge in [-0.05, 0) is 11.1 Å². The summed E-state index contributed by atoms with van der Waals surface area (Å²) in [5.74, 6) is -6.66. The molecule has 0 aromatic heterocycles. The molecule has 0 radical (unpaired) electrons. The third-order valence-electron chi connectivity index (χ3n) is 5.11. The van der Waals surface area contributed by atoms with Gasteiger partial charge < -0.3 is 36.0 Å². The Bertz CT molecular complexity index is 1140. The second kappa shape index (κ2) is 14.6. The second-order valence-corrected chi connectivity index (χ2v) is 8.10. The number of carboxylic acids is 3. The number of carboxylic acid groups (broad SMARTS) is 3. The summed E-state index contributed by atoms with van der Waals surface area (Å²) in [7, 11) is 0. The Hall–Kier alpha value is -4.94. The number of nitrogens with one attached hydrogen (secondary N) is 3. The first kappa shape index (κ1) is 29.3. The smallest absolute Gasteiger partial charge is 0.408 e. The van der Waals surface area contributed by atoms with E-state index in [9.17, 15) is 39.0 Å². The lowest BCUT2D eigenvalue weighted by Gasteiger charge is -2.23. The van der Waals surface area contributed by atoms with Crippen molar-refractivity contribution in [3.63, 3.8) is 0 Å². The van der Waals surface area contributed by atoms with E-state index in [4.69, 9.17) is 9.84 Å². The van der Waals surface area contributed by atoms with E-state index in [2.05, 4.69) is 16.0 Å². The highest BCUT2D eigenvalue weighted by Gasteiger charge is 2.32. The number of hydrogen-bond acceptors (Lipinski definition) is 7. The van der Waals surface area contributed by atoms with Crippen LogP contribution in [0.5, 0.6) is 0 Å². The number of benzene rings is 2. The van der Waals surface area contributed by atoms with Gasteiger partial charge in [0.15, 0.2) is 0 Å². The summed E-state index contributed by atoms with van der Waals surface area (Å²) < 4.78 is 4.98. The average Bonchev–Trinajstić information content (AvgIpc) is 2.86. The number of carbonyl (C=O) groups excluding carboxylic acids is 3. The fourth-order valence-corrected chi connectivity index (χ4v) is 3.27. The van der Waals surface area contributed by atoms with Gasteiger partial charge in [0, 0.05) is 6.42 Å². The van der Waals surface area contributed by atoms with Crippen LogP contribution in [0, 0.1) is 0 Å². The molecule has 0 aliphatic heterocycles. The fraction of sp³-hybridized carbons (Fsp3) is 0.280. The first-order valence-corrected chi connectivity index (χ1v) is 11.3. The van der Waals surface area contributed by atoms with Crippen molar-refractivity contribution < 1.29 is 48.8 Å². The molecule has 6 N–H and O–H groups in total. The van der Waals surface area contributed by atoms with Gasteiger partial charge in [-0.2, -0.15) is 0 Å². The van der Waals surface area contributed by atoms with E-state index in [1.165, 1.54) is 0 Å². The van der Waals surface area contributed by atoms with Crippen LogP contribution in [0.4, 0.5) is 4.79 Å². The van der Waals surface area contributed by atoms with Crippen molar-refractivity contribution in [2.75, 3.05) is 0 Å². The van der Waals surface area contributed by atoms with Crippen molar-refractivity contribution in [1.29, 1.82) is 0 Å². The molecule has 13 nitrogen and oxygen atoms in total. The van der Waals surface area contributed by atoms with Gasteiger partial charge in [0.2, 0.25) is 11.8 Å². The van der Waals surface area contributed by atoms with Crippen LogP contribution in [0.15, 0.2) is 60.7 Å². The summed E-state index contributed by atoms with van der Waals surface area (Å²) >= 11 is 0. The highest BCUT2D eigenvalue weighted by Crippen LogP contribution is 2.06. The molecule has 38 heavy (non-hydrogen) atoms. The van der Waals surface area contributed by atoms with Crippen LogP contribution in [0.25, 0.3) is 0 Å². The Morgan fingerprint density at radius 3 is 1.55 bits per heavy atom. The van der Waals surface area contributed by atoms with Crippen LogP contribution in [-0.4, -0.2) is 69.3 Å². The zero-order valence-corrected chi connectivity index (χ0v) is 20.0. The molecule has 13 heteroatoms. The second-order valence-electron chi connectivity index (χ2n) is 8.10. The van der Waals surface area contributed by atoms with E-state index >= 15 is 0 Å². The fourth-order valence-electron chi connectivity index (χ4n) is 3.27. The Morgan fingerprint density at radius 1 is 0.632 bits per heavy atom. The third kappa shape index (κ3) is 10.4. The van der Waals surface area contributed by atoms with Gasteiger partial charge in [0.05, 0.1) is 12.8 Å². The zero-order valence-electron chi connectivity index (χ0n) is 20.0. The maximum atomic E-state index is 12.8. The predicted octanol–water partition coefficient (Wildman–Crippen LogP) is 0.528. The topological polar surface area (TPSA) is 208 Å². The summed E-state index contributed by atoms with van der Waals surface area (Å²) in [5.41, 5.74) is 1.21. The maximum Gasteiger partial charge on any atom is 0.408 e. The molecule has 0 unspecified atom stereocenters. The van der Waals surface area contributed by atoms with Gasteiger partial charge in [-0.1, -0.05) is 60.7 Å². The molecule has 3 atom stereocenters. The number of rotatable bonds is 14. The van der Waals surface area contributed by atoms with E-state index < -0.39 is 66.8 Å². The molecule has 2 aromatic rings. The van der Waals surface area contributed by atoms with Gasteiger partial charge in [-0.3, -0.25) is 19.2 Å². The number of carbonyl (C=O) groups is 6. The molecule has 0 spiro atoms. The lowest BCUT2D eigenvalue weighted by atomic mass is 10.0. The van der Waals surface area contributed by atoms with E-state index in [-0.39, 0.29) is 13.0 Å². The average molecular weight is 530 g/mol. The van der Waals surface area contributed by atoms with Crippen LogP contribution >= 0.6 is 0 Å². The first-order valence-electron chi connectivity index (χ1n) is 11.3. The number of amides is 3. The van der Waals surface area contributed by atoms with Crippen LogP contribution < -0.4 is 16.0 Å². The Morgan fingerprint density at radius 2 is 1.08 bits per heavy atom. The van der Waals surface area contributed by atoms with E-state index in [0.717, 1.165) is 0 Å². The molecular formula is C25H27N3O10. The van der Waals surface area contributed by atoms with Crippen molar-refractivity contribution in [3.05, 3.63) is 71.8 Å². The van der Waals surface area contributed by atoms with E-state index in [1.807, 2.05) is 0 Å². The molecule has 3 amide bonds. The van der Waals surface area contributed by atoms with Gasteiger partial charge in [-0.15, -0.1) is 0 Å². The third-order valence-corrected chi connectivity index (χ3v) is 5.11. The normalized spacial score (nSPS) is 12.7. The van der Waals surface area contributed by atoms with Crippen LogP contribution in [0.1, 0.15) is 24.0 Å². The van der Waals surface area contributed by atoms with Crippen molar-refractivity contribution >= 4 is 35.8 Å². The van der Waals surface area contributed by atoms with Gasteiger partial charge in [-0.25, -0.2) is 9.59 Å². The molecule has 0 saturated carbocycles. The van der Waals surface area contributed by atoms with E-state index in [0.29, 0.717) is 11.1 Å². The predicted molar refractivity (Wildman–Crippen MR) is 130 cm³/mol. The monoisotopic (exact) mass is 529 g/mol. The quantitative estimate of drug-likeness (QED) is 0.200. The van der Waals surface area contributed by atoms with Crippen molar-refractivity contribution in [2.24, 2.45) is 0 Å². The summed E-state index contributed by atoms with van der Waals surface area (Å²) in [6, 6.07) is 11.9. The van der Waals surface area contributed by atoms with Gasteiger partial charge in [0.25, 0.3) is 0 Å². The first-order chi connectivity index (χ1) is 18.0. The molecule has 0 fully saturated rings. The number of hydrogen-bond donors (Lipinski definition) is 6. The largest absolute Gasteiger partial charge is 0.481 e. The molecule has 202 valence electrons. The van der Waals surface area contributed by atoms with Crippen molar-refractivity contribution in [3.8, 4) is 0 Å². The number of alkyl carbamates (subject to hydrolysis) is 1. The van der Waals surface area contributed by atoms with Crippen LogP contribution in [0.3, 0.4) is 0 Å². The highest BCUT2D eigenvalue weighted by molar-refractivity contribution is 5.95.